The molecule has 2 atom stereocenters. The number of aromatic nitrogens is 2. The summed E-state index contributed by atoms with van der Waals surface area (Å²) in [7, 11) is 3.09. The van der Waals surface area contributed by atoms with Gasteiger partial charge in [0.25, 0.3) is 0 Å². The molecule has 0 bridgehead atoms. The van der Waals surface area contributed by atoms with Crippen LogP contribution < -0.4 is 9.47 Å². The highest BCUT2D eigenvalue weighted by Gasteiger charge is 2.49. The maximum absolute atomic E-state index is 11.2. The summed E-state index contributed by atoms with van der Waals surface area (Å²) in [6.45, 7) is 6.09. The number of thioether (sulfide) groups is 1. The van der Waals surface area contributed by atoms with Crippen LogP contribution in [0.15, 0.2) is 23.4 Å². The molecular formula is C20H30N2O5S. The van der Waals surface area contributed by atoms with Crippen LogP contribution in [0.1, 0.15) is 46.5 Å². The number of allylic oxidation sites excluding steroid dienone is 1. The Hall–Kier alpha value is -1.80. The van der Waals surface area contributed by atoms with E-state index >= 15 is 0 Å². The molecule has 0 fully saturated rings. The minimum absolute atomic E-state index is 0.0762. The van der Waals surface area contributed by atoms with Gasteiger partial charge in [0.2, 0.25) is 11.8 Å². The first kappa shape index (κ1) is 22.5. The minimum atomic E-state index is -0.976. The molecule has 1 aromatic rings. The summed E-state index contributed by atoms with van der Waals surface area (Å²) in [5.74, 6) is -0.135. The van der Waals surface area contributed by atoms with Crippen LogP contribution in [0.5, 0.6) is 11.8 Å². The summed E-state index contributed by atoms with van der Waals surface area (Å²) < 4.78 is 16.6. The molecule has 2 unspecified atom stereocenters. The molecule has 1 heterocycles. The highest BCUT2D eigenvalue weighted by Crippen LogP contribution is 2.50. The number of ether oxygens (including phenoxy) is 3. The second kappa shape index (κ2) is 9.60. The first-order chi connectivity index (χ1) is 13.3. The van der Waals surface area contributed by atoms with Crippen molar-refractivity contribution in [1.82, 2.24) is 9.97 Å². The average Bonchev–Trinajstić information content (AvgIpc) is 2.66. The van der Waals surface area contributed by atoms with Crippen LogP contribution in [-0.2, 0) is 9.53 Å². The molecule has 0 saturated heterocycles. The maximum atomic E-state index is 11.2. The van der Waals surface area contributed by atoms with E-state index in [2.05, 4.69) is 36.8 Å². The predicted molar refractivity (Wildman–Crippen MR) is 108 cm³/mol. The molecular weight excluding hydrogens is 380 g/mol. The molecule has 1 N–H and O–H groups in total. The predicted octanol–water partition coefficient (Wildman–Crippen LogP) is 3.97. The third-order valence-corrected chi connectivity index (χ3v) is 6.55. The Morgan fingerprint density at radius 3 is 2.46 bits per heavy atom. The third kappa shape index (κ3) is 5.38. The molecule has 28 heavy (non-hydrogen) atoms. The molecule has 1 aliphatic rings. The molecule has 0 spiro atoms. The molecule has 8 heteroatoms. The second-order valence-electron chi connectivity index (χ2n) is 7.57. The number of aliphatic carboxylic acids is 1. The van der Waals surface area contributed by atoms with Crippen LogP contribution in [0.3, 0.4) is 0 Å². The van der Waals surface area contributed by atoms with Crippen molar-refractivity contribution >= 4 is 17.7 Å². The van der Waals surface area contributed by atoms with E-state index in [-0.39, 0.29) is 17.3 Å². The lowest BCUT2D eigenvalue weighted by Crippen LogP contribution is -2.51. The molecule has 156 valence electrons. The van der Waals surface area contributed by atoms with Gasteiger partial charge >= 0.3 is 5.97 Å². The lowest BCUT2D eigenvalue weighted by Gasteiger charge is -2.48. The molecule has 7 nitrogen and oxygen atoms in total. The number of nitrogens with zero attached hydrogens (tertiary/aromatic N) is 2. The fourth-order valence-corrected chi connectivity index (χ4v) is 4.86. The van der Waals surface area contributed by atoms with E-state index in [1.54, 1.807) is 20.3 Å². The highest BCUT2D eigenvalue weighted by atomic mass is 32.2. The van der Waals surface area contributed by atoms with Crippen molar-refractivity contribution in [3.05, 3.63) is 18.2 Å². The van der Waals surface area contributed by atoms with Crippen molar-refractivity contribution in [2.45, 2.75) is 62.5 Å². The van der Waals surface area contributed by atoms with E-state index in [1.807, 2.05) is 6.08 Å². The van der Waals surface area contributed by atoms with Crippen molar-refractivity contribution in [2.24, 2.45) is 5.41 Å². The van der Waals surface area contributed by atoms with Crippen LogP contribution in [0.4, 0.5) is 0 Å². The zero-order valence-electron chi connectivity index (χ0n) is 17.2. The Bertz CT molecular complexity index is 688. The average molecular weight is 411 g/mol. The zero-order chi connectivity index (χ0) is 20.8. The number of rotatable bonds is 10. The Kier molecular flexibility index (Phi) is 7.71. The molecule has 0 radical (unpaired) electrons. The third-order valence-electron chi connectivity index (χ3n) is 4.88. The number of carboxylic acid groups (broad SMARTS) is 1. The molecule has 0 amide bonds. The number of unbranched alkanes of at least 4 members (excludes halogenated alkanes) is 1. The normalized spacial score (nSPS) is 23.4. The van der Waals surface area contributed by atoms with Gasteiger partial charge in [-0.3, -0.25) is 0 Å². The molecule has 1 aromatic heterocycles. The van der Waals surface area contributed by atoms with Gasteiger partial charge in [-0.2, -0.15) is 9.97 Å². The lowest BCUT2D eigenvalue weighted by atomic mass is 9.71. The Balaban J connectivity index is 2.44. The van der Waals surface area contributed by atoms with E-state index in [4.69, 9.17) is 14.2 Å². The summed E-state index contributed by atoms with van der Waals surface area (Å²) in [5.41, 5.74) is -0.855. The van der Waals surface area contributed by atoms with Crippen LogP contribution in [0.2, 0.25) is 0 Å². The Morgan fingerprint density at radius 2 is 1.93 bits per heavy atom. The van der Waals surface area contributed by atoms with Crippen molar-refractivity contribution in [3.8, 4) is 11.8 Å². The Labute approximate surface area is 170 Å². The van der Waals surface area contributed by atoms with Gasteiger partial charge < -0.3 is 19.3 Å². The summed E-state index contributed by atoms with van der Waals surface area (Å²) in [4.78, 5) is 20.1. The lowest BCUT2D eigenvalue weighted by molar-refractivity contribution is -0.149. The van der Waals surface area contributed by atoms with Crippen LogP contribution in [0.25, 0.3) is 0 Å². The molecule has 0 aliphatic heterocycles. The van der Waals surface area contributed by atoms with Gasteiger partial charge in [-0.15, -0.1) is 0 Å². The van der Waals surface area contributed by atoms with Crippen molar-refractivity contribution in [2.75, 3.05) is 20.8 Å². The number of hydrogen-bond donors (Lipinski definition) is 1. The van der Waals surface area contributed by atoms with Crippen LogP contribution >= 0.6 is 11.8 Å². The summed E-state index contributed by atoms with van der Waals surface area (Å²) in [5, 5.41) is 9.65. The van der Waals surface area contributed by atoms with E-state index in [0.717, 1.165) is 25.7 Å². The van der Waals surface area contributed by atoms with Crippen LogP contribution in [0, 0.1) is 5.41 Å². The SMILES string of the molecule is CCCCC1(OCC(=O)O)C=CCC(C)(C)C1Sc1nc(OC)cc(OC)n1. The first-order valence-electron chi connectivity index (χ1n) is 9.43. The topological polar surface area (TPSA) is 90.8 Å². The van der Waals surface area contributed by atoms with Crippen molar-refractivity contribution in [1.29, 1.82) is 0 Å². The Morgan fingerprint density at radius 1 is 1.29 bits per heavy atom. The summed E-state index contributed by atoms with van der Waals surface area (Å²) in [6, 6.07) is 1.63. The fourth-order valence-electron chi connectivity index (χ4n) is 3.49. The van der Waals surface area contributed by atoms with E-state index in [9.17, 15) is 9.90 Å². The van der Waals surface area contributed by atoms with Gasteiger partial charge in [0.1, 0.15) is 6.61 Å². The molecule has 0 saturated carbocycles. The maximum Gasteiger partial charge on any atom is 0.329 e. The number of carbonyl (C=O) groups is 1. The quantitative estimate of drug-likeness (QED) is 0.458. The monoisotopic (exact) mass is 410 g/mol. The van der Waals surface area contributed by atoms with E-state index < -0.39 is 11.6 Å². The van der Waals surface area contributed by atoms with Crippen molar-refractivity contribution in [3.63, 3.8) is 0 Å². The number of hydrogen-bond acceptors (Lipinski definition) is 7. The number of methoxy groups -OCH3 is 2. The van der Waals surface area contributed by atoms with E-state index in [1.165, 1.54) is 11.8 Å². The van der Waals surface area contributed by atoms with Gasteiger partial charge in [0.05, 0.1) is 31.1 Å². The van der Waals surface area contributed by atoms with Gasteiger partial charge in [-0.05, 0) is 18.3 Å². The fraction of sp³-hybridized carbons (Fsp3) is 0.650. The van der Waals surface area contributed by atoms with Gasteiger partial charge in [0, 0.05) is 0 Å². The molecule has 1 aliphatic carbocycles. The highest BCUT2D eigenvalue weighted by molar-refractivity contribution is 7.99. The minimum Gasteiger partial charge on any atom is -0.481 e. The molecule has 2 rings (SSSR count). The van der Waals surface area contributed by atoms with Crippen molar-refractivity contribution < 1.29 is 24.1 Å². The van der Waals surface area contributed by atoms with E-state index in [0.29, 0.717) is 16.9 Å². The number of carboxylic acids is 1. The van der Waals surface area contributed by atoms with Gasteiger partial charge in [0.15, 0.2) is 5.16 Å². The smallest absolute Gasteiger partial charge is 0.329 e. The first-order valence-corrected chi connectivity index (χ1v) is 10.3. The standard InChI is InChI=1S/C20H30N2O5S/c1-6-7-10-20(27-13-16(23)24)11-8-9-19(2,3)17(20)28-18-21-14(25-4)12-15(22-18)26-5/h8,11-12,17H,6-7,9-10,13H2,1-5H3,(H,23,24). The van der Waals surface area contributed by atoms with Gasteiger partial charge in [-0.25, -0.2) is 4.79 Å². The largest absolute Gasteiger partial charge is 0.481 e. The summed E-state index contributed by atoms with van der Waals surface area (Å²) in [6.07, 6.45) is 7.64. The van der Waals surface area contributed by atoms with Crippen LogP contribution in [-0.4, -0.2) is 52.7 Å². The zero-order valence-corrected chi connectivity index (χ0v) is 18.0. The second-order valence-corrected chi connectivity index (χ2v) is 8.64. The molecule has 0 aromatic carbocycles. The van der Waals surface area contributed by atoms with Gasteiger partial charge in [-0.1, -0.05) is 57.5 Å². The summed E-state index contributed by atoms with van der Waals surface area (Å²) >= 11 is 1.49.